The first-order valence-electron chi connectivity index (χ1n) is 5.67. The lowest BCUT2D eigenvalue weighted by molar-refractivity contribution is -0.118. The number of amides is 1. The third-order valence-electron chi connectivity index (χ3n) is 2.71. The molecule has 16 heavy (non-hydrogen) atoms. The molecule has 0 aliphatic carbocycles. The summed E-state index contributed by atoms with van der Waals surface area (Å²) in [5, 5.41) is 3.03. The SMILES string of the molecule is CC=C(C)C(=O)NC(CC)c1ccccc1. The van der Waals surface area contributed by atoms with Gasteiger partial charge >= 0.3 is 0 Å². The van der Waals surface area contributed by atoms with Crippen molar-refractivity contribution in [3.05, 3.63) is 47.5 Å². The van der Waals surface area contributed by atoms with E-state index in [1.165, 1.54) is 0 Å². The minimum atomic E-state index is 0.0122. The Morgan fingerprint density at radius 3 is 2.50 bits per heavy atom. The van der Waals surface area contributed by atoms with Crippen molar-refractivity contribution in [3.8, 4) is 0 Å². The van der Waals surface area contributed by atoms with Gasteiger partial charge in [0.15, 0.2) is 0 Å². The lowest BCUT2D eigenvalue weighted by atomic mass is 10.0. The van der Waals surface area contributed by atoms with Gasteiger partial charge in [-0.2, -0.15) is 0 Å². The molecule has 0 aliphatic heterocycles. The Labute approximate surface area is 97.4 Å². The maximum atomic E-state index is 11.7. The van der Waals surface area contributed by atoms with E-state index in [2.05, 4.69) is 12.2 Å². The molecular formula is C14H19NO. The molecule has 86 valence electrons. The van der Waals surface area contributed by atoms with Crippen molar-refractivity contribution in [1.29, 1.82) is 0 Å². The van der Waals surface area contributed by atoms with Gasteiger partial charge < -0.3 is 5.32 Å². The molecule has 1 unspecified atom stereocenters. The molecule has 0 aliphatic rings. The Morgan fingerprint density at radius 1 is 1.38 bits per heavy atom. The van der Waals surface area contributed by atoms with Crippen LogP contribution in [-0.2, 0) is 4.79 Å². The summed E-state index contributed by atoms with van der Waals surface area (Å²) in [5.74, 6) is 0.0122. The summed E-state index contributed by atoms with van der Waals surface area (Å²) in [7, 11) is 0. The van der Waals surface area contributed by atoms with Crippen LogP contribution in [0.25, 0.3) is 0 Å². The molecule has 1 aromatic carbocycles. The lowest BCUT2D eigenvalue weighted by Crippen LogP contribution is -2.28. The van der Waals surface area contributed by atoms with Crippen LogP contribution in [0, 0.1) is 0 Å². The summed E-state index contributed by atoms with van der Waals surface area (Å²) < 4.78 is 0. The molecule has 2 heteroatoms. The average molecular weight is 217 g/mol. The van der Waals surface area contributed by atoms with E-state index in [9.17, 15) is 4.79 Å². The molecule has 0 saturated heterocycles. The molecule has 1 N–H and O–H groups in total. The second-order valence-corrected chi connectivity index (χ2v) is 3.82. The van der Waals surface area contributed by atoms with Crippen molar-refractivity contribution in [1.82, 2.24) is 5.32 Å². The van der Waals surface area contributed by atoms with Crippen molar-refractivity contribution >= 4 is 5.91 Å². The van der Waals surface area contributed by atoms with Crippen molar-refractivity contribution in [3.63, 3.8) is 0 Å². The second kappa shape index (κ2) is 6.11. The van der Waals surface area contributed by atoms with Gasteiger partial charge in [0.25, 0.3) is 0 Å². The first-order valence-corrected chi connectivity index (χ1v) is 5.67. The molecule has 1 atom stereocenters. The minimum absolute atomic E-state index is 0.0122. The molecule has 0 aromatic heterocycles. The second-order valence-electron chi connectivity index (χ2n) is 3.82. The third-order valence-corrected chi connectivity index (χ3v) is 2.71. The van der Waals surface area contributed by atoms with Gasteiger partial charge in [-0.05, 0) is 25.8 Å². The highest BCUT2D eigenvalue weighted by molar-refractivity contribution is 5.92. The molecule has 1 amide bonds. The summed E-state index contributed by atoms with van der Waals surface area (Å²) >= 11 is 0. The Kier molecular flexibility index (Phi) is 4.77. The van der Waals surface area contributed by atoms with Crippen LogP contribution in [0.4, 0.5) is 0 Å². The summed E-state index contributed by atoms with van der Waals surface area (Å²) in [4.78, 5) is 11.7. The van der Waals surface area contributed by atoms with Crippen LogP contribution in [0.15, 0.2) is 42.0 Å². The molecule has 1 rings (SSSR count). The lowest BCUT2D eigenvalue weighted by Gasteiger charge is -2.17. The van der Waals surface area contributed by atoms with E-state index in [0.717, 1.165) is 17.6 Å². The van der Waals surface area contributed by atoms with Crippen molar-refractivity contribution in [2.24, 2.45) is 0 Å². The maximum Gasteiger partial charge on any atom is 0.247 e. The van der Waals surface area contributed by atoms with Crippen molar-refractivity contribution in [2.45, 2.75) is 33.2 Å². The Bertz CT molecular complexity index is 368. The van der Waals surface area contributed by atoms with Gasteiger partial charge in [-0.3, -0.25) is 4.79 Å². The molecule has 0 bridgehead atoms. The predicted molar refractivity (Wildman–Crippen MR) is 67.0 cm³/mol. The highest BCUT2D eigenvalue weighted by Gasteiger charge is 2.12. The van der Waals surface area contributed by atoms with Crippen LogP contribution in [0.1, 0.15) is 38.8 Å². The Balaban J connectivity index is 2.74. The highest BCUT2D eigenvalue weighted by Crippen LogP contribution is 2.16. The number of benzene rings is 1. The van der Waals surface area contributed by atoms with Crippen molar-refractivity contribution in [2.75, 3.05) is 0 Å². The molecule has 0 saturated carbocycles. The van der Waals surface area contributed by atoms with Gasteiger partial charge in [0.2, 0.25) is 5.91 Å². The number of rotatable bonds is 4. The first kappa shape index (κ1) is 12.5. The summed E-state index contributed by atoms with van der Waals surface area (Å²) in [5.41, 5.74) is 1.91. The number of hydrogen-bond donors (Lipinski definition) is 1. The van der Waals surface area contributed by atoms with Crippen LogP contribution in [0.5, 0.6) is 0 Å². The van der Waals surface area contributed by atoms with Gasteiger partial charge in [-0.1, -0.05) is 43.3 Å². The van der Waals surface area contributed by atoms with E-state index in [4.69, 9.17) is 0 Å². The van der Waals surface area contributed by atoms with Gasteiger partial charge in [0, 0.05) is 5.57 Å². The smallest absolute Gasteiger partial charge is 0.247 e. The predicted octanol–water partition coefficient (Wildman–Crippen LogP) is 3.22. The Morgan fingerprint density at radius 2 is 2.00 bits per heavy atom. The van der Waals surface area contributed by atoms with Crippen LogP contribution in [-0.4, -0.2) is 5.91 Å². The topological polar surface area (TPSA) is 29.1 Å². The number of hydrogen-bond acceptors (Lipinski definition) is 1. The minimum Gasteiger partial charge on any atom is -0.346 e. The fraction of sp³-hybridized carbons (Fsp3) is 0.357. The zero-order chi connectivity index (χ0) is 12.0. The third kappa shape index (κ3) is 3.23. The van der Waals surface area contributed by atoms with Crippen LogP contribution >= 0.6 is 0 Å². The number of carbonyl (C=O) groups is 1. The average Bonchev–Trinajstić information content (AvgIpc) is 2.35. The van der Waals surface area contributed by atoms with E-state index in [1.54, 1.807) is 0 Å². The molecule has 0 fully saturated rings. The van der Waals surface area contributed by atoms with E-state index in [1.807, 2.05) is 50.3 Å². The van der Waals surface area contributed by atoms with Gasteiger partial charge in [0.1, 0.15) is 0 Å². The number of allylic oxidation sites excluding steroid dienone is 1. The fourth-order valence-corrected chi connectivity index (χ4v) is 1.51. The van der Waals surface area contributed by atoms with Crippen LogP contribution < -0.4 is 5.32 Å². The molecule has 1 aromatic rings. The normalized spacial score (nSPS) is 13.3. The first-order chi connectivity index (χ1) is 7.69. The van der Waals surface area contributed by atoms with Gasteiger partial charge in [-0.15, -0.1) is 0 Å². The molecule has 0 radical (unpaired) electrons. The van der Waals surface area contributed by atoms with E-state index >= 15 is 0 Å². The maximum absolute atomic E-state index is 11.7. The molecular weight excluding hydrogens is 198 g/mol. The molecule has 0 spiro atoms. The summed E-state index contributed by atoms with van der Waals surface area (Å²) in [6.07, 6.45) is 2.72. The van der Waals surface area contributed by atoms with E-state index < -0.39 is 0 Å². The fourth-order valence-electron chi connectivity index (χ4n) is 1.51. The zero-order valence-electron chi connectivity index (χ0n) is 10.2. The van der Waals surface area contributed by atoms with Crippen LogP contribution in [0.2, 0.25) is 0 Å². The van der Waals surface area contributed by atoms with Crippen molar-refractivity contribution < 1.29 is 4.79 Å². The van der Waals surface area contributed by atoms with Gasteiger partial charge in [-0.25, -0.2) is 0 Å². The zero-order valence-corrected chi connectivity index (χ0v) is 10.2. The molecule has 2 nitrogen and oxygen atoms in total. The monoisotopic (exact) mass is 217 g/mol. The summed E-state index contributed by atoms with van der Waals surface area (Å²) in [6.45, 7) is 5.77. The standard InChI is InChI=1S/C14H19NO/c1-4-11(3)14(16)15-13(5-2)12-9-7-6-8-10-12/h4,6-10,13H,5H2,1-3H3,(H,15,16). The molecule has 0 heterocycles. The summed E-state index contributed by atoms with van der Waals surface area (Å²) in [6, 6.07) is 10.1. The number of carbonyl (C=O) groups excluding carboxylic acids is 1. The van der Waals surface area contributed by atoms with E-state index in [-0.39, 0.29) is 11.9 Å². The van der Waals surface area contributed by atoms with Gasteiger partial charge in [0.05, 0.1) is 6.04 Å². The largest absolute Gasteiger partial charge is 0.346 e. The quantitative estimate of drug-likeness (QED) is 0.771. The highest BCUT2D eigenvalue weighted by atomic mass is 16.1. The number of nitrogens with one attached hydrogen (secondary N) is 1. The Hall–Kier alpha value is -1.57. The van der Waals surface area contributed by atoms with Crippen LogP contribution in [0.3, 0.4) is 0 Å². The van der Waals surface area contributed by atoms with E-state index in [0.29, 0.717) is 0 Å².